The van der Waals surface area contributed by atoms with Crippen molar-refractivity contribution in [2.75, 3.05) is 25.0 Å². The SMILES string of the molecule is Cc1ccc(N(C)CCCC(C)(C)CN)c(C)c1. The lowest BCUT2D eigenvalue weighted by atomic mass is 9.88. The number of benzene rings is 1. The smallest absolute Gasteiger partial charge is 0.0393 e. The highest BCUT2D eigenvalue weighted by atomic mass is 15.1. The van der Waals surface area contributed by atoms with Crippen LogP contribution in [0.25, 0.3) is 0 Å². The van der Waals surface area contributed by atoms with Gasteiger partial charge in [-0.05, 0) is 50.3 Å². The molecular formula is C16H28N2. The Kier molecular flexibility index (Phi) is 5.21. The monoisotopic (exact) mass is 248 g/mol. The van der Waals surface area contributed by atoms with Crippen LogP contribution < -0.4 is 10.6 Å². The molecule has 0 spiro atoms. The van der Waals surface area contributed by atoms with Crippen molar-refractivity contribution >= 4 is 5.69 Å². The third-order valence-electron chi connectivity index (χ3n) is 3.66. The lowest BCUT2D eigenvalue weighted by Gasteiger charge is -2.26. The molecule has 18 heavy (non-hydrogen) atoms. The molecule has 0 atom stereocenters. The number of nitrogens with two attached hydrogens (primary N) is 1. The number of rotatable bonds is 6. The molecule has 0 bridgehead atoms. The molecule has 0 aliphatic carbocycles. The van der Waals surface area contributed by atoms with Gasteiger partial charge in [0.25, 0.3) is 0 Å². The number of anilines is 1. The van der Waals surface area contributed by atoms with Gasteiger partial charge in [0.05, 0.1) is 0 Å². The van der Waals surface area contributed by atoms with Crippen LogP contribution in [0.2, 0.25) is 0 Å². The third kappa shape index (κ3) is 4.34. The van der Waals surface area contributed by atoms with E-state index in [0.29, 0.717) is 0 Å². The first kappa shape index (κ1) is 15.0. The highest BCUT2D eigenvalue weighted by Gasteiger charge is 2.15. The zero-order valence-corrected chi connectivity index (χ0v) is 12.6. The summed E-state index contributed by atoms with van der Waals surface area (Å²) in [6.45, 7) is 10.7. The van der Waals surface area contributed by atoms with Crippen molar-refractivity contribution in [3.05, 3.63) is 29.3 Å². The van der Waals surface area contributed by atoms with E-state index in [0.717, 1.165) is 13.1 Å². The number of hydrogen-bond acceptors (Lipinski definition) is 2. The Bertz CT molecular complexity index is 383. The average molecular weight is 248 g/mol. The maximum Gasteiger partial charge on any atom is 0.0393 e. The average Bonchev–Trinajstić information content (AvgIpc) is 2.28. The summed E-state index contributed by atoms with van der Waals surface area (Å²) in [5.41, 5.74) is 10.1. The summed E-state index contributed by atoms with van der Waals surface area (Å²) < 4.78 is 0. The molecule has 0 aliphatic rings. The minimum atomic E-state index is 0.267. The van der Waals surface area contributed by atoms with Crippen molar-refractivity contribution in [2.45, 2.75) is 40.5 Å². The lowest BCUT2D eigenvalue weighted by Crippen LogP contribution is -2.26. The van der Waals surface area contributed by atoms with E-state index < -0.39 is 0 Å². The van der Waals surface area contributed by atoms with Crippen LogP contribution in [-0.2, 0) is 0 Å². The highest BCUT2D eigenvalue weighted by Crippen LogP contribution is 2.23. The van der Waals surface area contributed by atoms with Crippen LogP contribution in [0.4, 0.5) is 5.69 Å². The fraction of sp³-hybridized carbons (Fsp3) is 0.625. The number of aryl methyl sites for hydroxylation is 2. The molecule has 0 amide bonds. The van der Waals surface area contributed by atoms with Gasteiger partial charge >= 0.3 is 0 Å². The first-order chi connectivity index (χ1) is 8.35. The third-order valence-corrected chi connectivity index (χ3v) is 3.66. The van der Waals surface area contributed by atoms with E-state index in [1.165, 1.54) is 29.7 Å². The molecule has 2 N–H and O–H groups in total. The van der Waals surface area contributed by atoms with Crippen molar-refractivity contribution in [3.63, 3.8) is 0 Å². The fourth-order valence-electron chi connectivity index (χ4n) is 2.25. The van der Waals surface area contributed by atoms with Gasteiger partial charge in [0.1, 0.15) is 0 Å². The fourth-order valence-corrected chi connectivity index (χ4v) is 2.25. The Morgan fingerprint density at radius 1 is 1.22 bits per heavy atom. The van der Waals surface area contributed by atoms with Crippen molar-refractivity contribution in [3.8, 4) is 0 Å². The maximum absolute atomic E-state index is 5.76. The summed E-state index contributed by atoms with van der Waals surface area (Å²) >= 11 is 0. The van der Waals surface area contributed by atoms with Crippen LogP contribution in [0.5, 0.6) is 0 Å². The molecular weight excluding hydrogens is 220 g/mol. The van der Waals surface area contributed by atoms with Crippen molar-refractivity contribution in [1.29, 1.82) is 0 Å². The molecule has 1 aromatic rings. The minimum Gasteiger partial charge on any atom is -0.374 e. The van der Waals surface area contributed by atoms with Crippen LogP contribution in [0.1, 0.15) is 37.8 Å². The molecule has 0 saturated carbocycles. The predicted molar refractivity (Wildman–Crippen MR) is 81.3 cm³/mol. The van der Waals surface area contributed by atoms with Gasteiger partial charge in [0.2, 0.25) is 0 Å². The van der Waals surface area contributed by atoms with E-state index in [2.05, 4.69) is 57.8 Å². The largest absolute Gasteiger partial charge is 0.374 e. The van der Waals surface area contributed by atoms with Crippen LogP contribution in [0.3, 0.4) is 0 Å². The van der Waals surface area contributed by atoms with Gasteiger partial charge in [-0.15, -0.1) is 0 Å². The quantitative estimate of drug-likeness (QED) is 0.835. The molecule has 0 aromatic heterocycles. The second kappa shape index (κ2) is 6.24. The molecule has 0 radical (unpaired) electrons. The molecule has 0 fully saturated rings. The van der Waals surface area contributed by atoms with Gasteiger partial charge in [0.15, 0.2) is 0 Å². The van der Waals surface area contributed by atoms with Crippen LogP contribution in [0.15, 0.2) is 18.2 Å². The van der Waals surface area contributed by atoms with Crippen LogP contribution >= 0.6 is 0 Å². The predicted octanol–water partition coefficient (Wildman–Crippen LogP) is 3.50. The van der Waals surface area contributed by atoms with E-state index in [-0.39, 0.29) is 5.41 Å². The van der Waals surface area contributed by atoms with E-state index in [9.17, 15) is 0 Å². The van der Waals surface area contributed by atoms with E-state index in [4.69, 9.17) is 5.73 Å². The van der Waals surface area contributed by atoms with E-state index >= 15 is 0 Å². The first-order valence-electron chi connectivity index (χ1n) is 6.84. The summed E-state index contributed by atoms with van der Waals surface area (Å²) in [5, 5.41) is 0. The molecule has 0 saturated heterocycles. The lowest BCUT2D eigenvalue weighted by molar-refractivity contribution is 0.338. The van der Waals surface area contributed by atoms with Gasteiger partial charge in [-0.1, -0.05) is 31.5 Å². The van der Waals surface area contributed by atoms with Crippen LogP contribution in [0, 0.1) is 19.3 Å². The molecule has 2 heteroatoms. The second-order valence-corrected chi connectivity index (χ2v) is 6.18. The van der Waals surface area contributed by atoms with Crippen molar-refractivity contribution in [2.24, 2.45) is 11.1 Å². The Hall–Kier alpha value is -1.02. The van der Waals surface area contributed by atoms with Crippen molar-refractivity contribution < 1.29 is 0 Å². The summed E-state index contributed by atoms with van der Waals surface area (Å²) in [7, 11) is 2.17. The minimum absolute atomic E-state index is 0.267. The first-order valence-corrected chi connectivity index (χ1v) is 6.84. The summed E-state index contributed by atoms with van der Waals surface area (Å²) in [4.78, 5) is 2.35. The molecule has 102 valence electrons. The Morgan fingerprint density at radius 3 is 2.44 bits per heavy atom. The summed E-state index contributed by atoms with van der Waals surface area (Å²) in [5.74, 6) is 0. The molecule has 0 heterocycles. The topological polar surface area (TPSA) is 29.3 Å². The Balaban J connectivity index is 2.53. The Morgan fingerprint density at radius 2 is 1.89 bits per heavy atom. The van der Waals surface area contributed by atoms with Crippen molar-refractivity contribution in [1.82, 2.24) is 0 Å². The Labute approximate surface area is 112 Å². The van der Waals surface area contributed by atoms with Gasteiger partial charge in [-0.25, -0.2) is 0 Å². The number of nitrogens with zero attached hydrogens (tertiary/aromatic N) is 1. The molecule has 0 unspecified atom stereocenters. The van der Waals surface area contributed by atoms with E-state index in [1.54, 1.807) is 0 Å². The maximum atomic E-state index is 5.76. The highest BCUT2D eigenvalue weighted by molar-refractivity contribution is 5.53. The van der Waals surface area contributed by atoms with E-state index in [1.807, 2.05) is 0 Å². The summed E-state index contributed by atoms with van der Waals surface area (Å²) in [6, 6.07) is 6.65. The zero-order valence-electron chi connectivity index (χ0n) is 12.6. The number of hydrogen-bond donors (Lipinski definition) is 1. The molecule has 1 rings (SSSR count). The second-order valence-electron chi connectivity index (χ2n) is 6.18. The zero-order chi connectivity index (χ0) is 13.8. The van der Waals surface area contributed by atoms with Gasteiger partial charge in [-0.3, -0.25) is 0 Å². The molecule has 2 nitrogen and oxygen atoms in total. The molecule has 1 aromatic carbocycles. The standard InChI is InChI=1S/C16H28N2/c1-13-7-8-15(14(2)11-13)18(5)10-6-9-16(3,4)12-17/h7-8,11H,6,9-10,12,17H2,1-5H3. The van der Waals surface area contributed by atoms with Crippen LogP contribution in [-0.4, -0.2) is 20.1 Å². The summed E-state index contributed by atoms with van der Waals surface area (Å²) in [6.07, 6.45) is 2.37. The normalized spacial score (nSPS) is 11.7. The van der Waals surface area contributed by atoms with Gasteiger partial charge < -0.3 is 10.6 Å². The molecule has 0 aliphatic heterocycles. The van der Waals surface area contributed by atoms with Gasteiger partial charge in [0, 0.05) is 19.3 Å². The van der Waals surface area contributed by atoms with Gasteiger partial charge in [-0.2, -0.15) is 0 Å².